The number of rotatable bonds is 11. The van der Waals surface area contributed by atoms with E-state index in [9.17, 15) is 14.4 Å². The topological polar surface area (TPSA) is 104 Å². The molecule has 0 aromatic heterocycles. The van der Waals surface area contributed by atoms with Crippen molar-refractivity contribution in [2.24, 2.45) is 5.16 Å². The van der Waals surface area contributed by atoms with Crippen LogP contribution in [0.4, 0.5) is 0 Å². The number of benzene rings is 4. The van der Waals surface area contributed by atoms with Crippen LogP contribution in [0.5, 0.6) is 0 Å². The van der Waals surface area contributed by atoms with Crippen LogP contribution in [0.1, 0.15) is 43.7 Å². The molecule has 2 heterocycles. The zero-order valence-electron chi connectivity index (χ0n) is 23.7. The van der Waals surface area contributed by atoms with Gasteiger partial charge in [-0.2, -0.15) is 0 Å². The minimum Gasteiger partial charge on any atom is -0.391 e. The van der Waals surface area contributed by atoms with Crippen LogP contribution in [0.3, 0.4) is 0 Å². The normalized spacial score (nSPS) is 19.6. The van der Waals surface area contributed by atoms with Crippen LogP contribution in [0.2, 0.25) is 0 Å². The van der Waals surface area contributed by atoms with Gasteiger partial charge in [-0.25, -0.2) is 0 Å². The fourth-order valence-corrected chi connectivity index (χ4v) is 5.23. The highest BCUT2D eigenvalue weighted by atomic mass is 16.7. The molecular weight excluding hydrogens is 560 g/mol. The fourth-order valence-electron chi connectivity index (χ4n) is 5.23. The average Bonchev–Trinajstić information content (AvgIpc) is 3.33. The number of Topliss-reactive ketones (excluding diaryl/α,β-unsaturated/α-hetero) is 1. The van der Waals surface area contributed by atoms with Gasteiger partial charge in [0.05, 0.1) is 23.9 Å². The van der Waals surface area contributed by atoms with Crippen LogP contribution in [-0.2, 0) is 37.1 Å². The summed E-state index contributed by atoms with van der Waals surface area (Å²) in [6.45, 7) is -0.00962. The molecule has 44 heavy (non-hydrogen) atoms. The Balaban J connectivity index is 1.36. The van der Waals surface area contributed by atoms with Gasteiger partial charge in [0, 0.05) is 5.56 Å². The molecule has 2 aliphatic rings. The number of hydrogen-bond donors (Lipinski definition) is 0. The molecule has 0 spiro atoms. The molecule has 0 N–H and O–H groups in total. The summed E-state index contributed by atoms with van der Waals surface area (Å²) in [7, 11) is 0. The zero-order valence-corrected chi connectivity index (χ0v) is 23.7. The summed E-state index contributed by atoms with van der Waals surface area (Å²) in [5, 5.41) is 4.17. The summed E-state index contributed by atoms with van der Waals surface area (Å²) < 4.78 is 18.4. The molecule has 9 heteroatoms. The smallest absolute Gasteiger partial charge is 0.262 e. The first-order valence-corrected chi connectivity index (χ1v) is 14.3. The molecule has 4 aromatic rings. The number of ether oxygens (including phenoxy) is 3. The van der Waals surface area contributed by atoms with Gasteiger partial charge in [0.2, 0.25) is 0 Å². The quantitative estimate of drug-likeness (QED) is 0.136. The molecule has 0 saturated carbocycles. The first-order chi connectivity index (χ1) is 21.6. The highest BCUT2D eigenvalue weighted by molar-refractivity contribution is 6.22. The molecule has 222 valence electrons. The Bertz CT molecular complexity index is 1590. The van der Waals surface area contributed by atoms with E-state index in [1.165, 1.54) is 6.21 Å². The van der Waals surface area contributed by atoms with E-state index in [2.05, 4.69) is 5.16 Å². The summed E-state index contributed by atoms with van der Waals surface area (Å²) in [5.41, 5.74) is 2.93. The highest BCUT2D eigenvalue weighted by Gasteiger charge is 2.48. The van der Waals surface area contributed by atoms with Gasteiger partial charge in [-0.1, -0.05) is 108 Å². The lowest BCUT2D eigenvalue weighted by Gasteiger charge is -2.38. The molecule has 1 fully saturated rings. The monoisotopic (exact) mass is 590 g/mol. The zero-order chi connectivity index (χ0) is 30.3. The van der Waals surface area contributed by atoms with Gasteiger partial charge in [0.25, 0.3) is 11.8 Å². The van der Waals surface area contributed by atoms with Crippen molar-refractivity contribution >= 4 is 23.8 Å². The predicted molar refractivity (Wildman–Crippen MR) is 160 cm³/mol. The number of carbonyl (C=O) groups is 3. The number of oxime groups is 1. The number of hydrogen-bond acceptors (Lipinski definition) is 8. The van der Waals surface area contributed by atoms with E-state index in [0.717, 1.165) is 16.0 Å². The molecule has 1 unspecified atom stereocenters. The van der Waals surface area contributed by atoms with E-state index in [-0.39, 0.29) is 30.9 Å². The van der Waals surface area contributed by atoms with Gasteiger partial charge in [-0.3, -0.25) is 19.3 Å². The van der Waals surface area contributed by atoms with Crippen LogP contribution < -0.4 is 0 Å². The first-order valence-electron chi connectivity index (χ1n) is 14.3. The van der Waals surface area contributed by atoms with Crippen LogP contribution >= 0.6 is 0 Å². The molecule has 0 radical (unpaired) electrons. The van der Waals surface area contributed by atoms with Gasteiger partial charge < -0.3 is 19.0 Å². The number of nitrogens with zero attached hydrogens (tertiary/aromatic N) is 2. The third-order valence-corrected chi connectivity index (χ3v) is 7.44. The van der Waals surface area contributed by atoms with E-state index in [1.807, 2.05) is 91.0 Å². The molecule has 2 aliphatic heterocycles. The molecule has 0 bridgehead atoms. The van der Waals surface area contributed by atoms with Crippen molar-refractivity contribution in [3.8, 4) is 0 Å². The molecule has 0 aliphatic carbocycles. The van der Waals surface area contributed by atoms with Gasteiger partial charge in [-0.15, -0.1) is 0 Å². The third kappa shape index (κ3) is 6.35. The minimum atomic E-state index is -1.20. The van der Waals surface area contributed by atoms with Crippen molar-refractivity contribution in [3.05, 3.63) is 143 Å². The number of carbonyl (C=O) groups excluding carboxylic acids is 3. The SMILES string of the molecule is O=C1COC(c2ccccc2)O[C@H]1[C@H](OCc1ccccc1)[C@H](/C=N/OCc1ccccc1)N1C(=O)c2ccccc2C1=O. The lowest BCUT2D eigenvalue weighted by atomic mass is 9.99. The molecule has 1 saturated heterocycles. The van der Waals surface area contributed by atoms with E-state index in [0.29, 0.717) is 5.56 Å². The highest BCUT2D eigenvalue weighted by Crippen LogP contribution is 2.32. The Morgan fingerprint density at radius 3 is 1.91 bits per heavy atom. The van der Waals surface area contributed by atoms with E-state index < -0.39 is 42.1 Å². The second kappa shape index (κ2) is 13.6. The lowest BCUT2D eigenvalue weighted by molar-refractivity contribution is -0.234. The summed E-state index contributed by atoms with van der Waals surface area (Å²) in [5.74, 6) is -1.45. The first kappa shape index (κ1) is 29.1. The number of imide groups is 1. The number of fused-ring (bicyclic) bond motifs is 1. The molecule has 4 atom stereocenters. The van der Waals surface area contributed by atoms with E-state index in [1.54, 1.807) is 24.3 Å². The van der Waals surface area contributed by atoms with Crippen LogP contribution in [0.25, 0.3) is 0 Å². The predicted octanol–water partition coefficient (Wildman–Crippen LogP) is 5.12. The van der Waals surface area contributed by atoms with Crippen LogP contribution in [0, 0.1) is 0 Å². The fraction of sp³-hybridized carbons (Fsp3) is 0.200. The molecule has 4 aromatic carbocycles. The van der Waals surface area contributed by atoms with Gasteiger partial charge in [0.15, 0.2) is 18.2 Å². The summed E-state index contributed by atoms with van der Waals surface area (Å²) in [6, 6.07) is 33.5. The Morgan fingerprint density at radius 1 is 0.750 bits per heavy atom. The van der Waals surface area contributed by atoms with Crippen molar-refractivity contribution in [1.82, 2.24) is 4.90 Å². The second-order valence-electron chi connectivity index (χ2n) is 10.4. The lowest BCUT2D eigenvalue weighted by Crippen LogP contribution is -2.57. The standard InChI is InChI=1S/C35H30N2O7/c38-30-23-42-35(26-16-8-3-9-17-26)44-32(30)31(41-21-24-12-4-1-5-13-24)29(20-36-43-22-25-14-6-2-7-15-25)37-33(39)27-18-10-11-19-28(27)34(37)40/h1-20,29,31-32,35H,21-23H2/b36-20+/t29-,31+,32+,35?/m0/s1. The molecular formula is C35H30N2O7. The second-order valence-corrected chi connectivity index (χ2v) is 10.4. The Hall–Kier alpha value is -4.96. The third-order valence-electron chi connectivity index (χ3n) is 7.44. The van der Waals surface area contributed by atoms with Gasteiger partial charge >= 0.3 is 0 Å². The molecule has 9 nitrogen and oxygen atoms in total. The minimum absolute atomic E-state index is 0.0773. The Kier molecular flexibility index (Phi) is 8.98. The maximum absolute atomic E-state index is 13.7. The van der Waals surface area contributed by atoms with Crippen molar-refractivity contribution in [3.63, 3.8) is 0 Å². The molecule has 6 rings (SSSR count). The Labute approximate surface area is 254 Å². The summed E-state index contributed by atoms with van der Waals surface area (Å²) in [4.78, 5) is 47.6. The van der Waals surface area contributed by atoms with Crippen molar-refractivity contribution in [2.45, 2.75) is 37.8 Å². The molecule has 2 amide bonds. The van der Waals surface area contributed by atoms with Crippen molar-refractivity contribution < 1.29 is 33.4 Å². The maximum Gasteiger partial charge on any atom is 0.262 e. The van der Waals surface area contributed by atoms with Crippen LogP contribution in [-0.4, -0.2) is 53.6 Å². The summed E-state index contributed by atoms with van der Waals surface area (Å²) >= 11 is 0. The number of amides is 2. The average molecular weight is 591 g/mol. The van der Waals surface area contributed by atoms with Crippen molar-refractivity contribution in [1.29, 1.82) is 0 Å². The summed E-state index contributed by atoms with van der Waals surface area (Å²) in [6.07, 6.45) is -1.88. The van der Waals surface area contributed by atoms with Crippen LogP contribution in [0.15, 0.2) is 120 Å². The Morgan fingerprint density at radius 2 is 1.30 bits per heavy atom. The maximum atomic E-state index is 13.7. The van der Waals surface area contributed by atoms with E-state index >= 15 is 0 Å². The van der Waals surface area contributed by atoms with Crippen molar-refractivity contribution in [2.75, 3.05) is 6.61 Å². The van der Waals surface area contributed by atoms with Gasteiger partial charge in [-0.05, 0) is 23.3 Å². The van der Waals surface area contributed by atoms with Gasteiger partial charge in [0.1, 0.15) is 25.4 Å². The number of ketones is 1. The van der Waals surface area contributed by atoms with E-state index in [4.69, 9.17) is 19.0 Å². The largest absolute Gasteiger partial charge is 0.391 e.